The van der Waals surface area contributed by atoms with E-state index in [0.29, 0.717) is 17.0 Å². The van der Waals surface area contributed by atoms with Crippen LogP contribution in [0, 0.1) is 6.92 Å². The summed E-state index contributed by atoms with van der Waals surface area (Å²) in [6, 6.07) is 0. The first-order valence-electron chi connectivity index (χ1n) is 6.45. The number of aromatic nitrogens is 1. The predicted octanol–water partition coefficient (Wildman–Crippen LogP) is 1.76. The Morgan fingerprint density at radius 2 is 1.89 bits per heavy atom. The number of hydrogen-bond donors (Lipinski definition) is 3. The van der Waals surface area contributed by atoms with Crippen molar-refractivity contribution in [2.45, 2.75) is 46.6 Å². The van der Waals surface area contributed by atoms with Gasteiger partial charge in [0.2, 0.25) is 0 Å². The van der Waals surface area contributed by atoms with Gasteiger partial charge in [-0.1, -0.05) is 13.8 Å². The second-order valence-corrected chi connectivity index (χ2v) is 5.18. The number of rotatable bonds is 5. The highest BCUT2D eigenvalue weighted by molar-refractivity contribution is 6.03. The number of H-pyrrole nitrogens is 1. The van der Waals surface area contributed by atoms with Crippen molar-refractivity contribution < 1.29 is 14.7 Å². The second-order valence-electron chi connectivity index (χ2n) is 5.18. The van der Waals surface area contributed by atoms with Crippen LogP contribution in [0.3, 0.4) is 0 Å². The Morgan fingerprint density at radius 1 is 1.32 bits per heavy atom. The first-order valence-corrected chi connectivity index (χ1v) is 6.45. The van der Waals surface area contributed by atoms with Gasteiger partial charge in [-0.15, -0.1) is 0 Å². The SMILES string of the molecule is CC(=O)c1c(C)[nH]c(C(=O)NCC(C)O)c1C(C)C. The monoisotopic (exact) mass is 266 g/mol. The Kier molecular flexibility index (Phi) is 4.89. The molecule has 0 aliphatic heterocycles. The predicted molar refractivity (Wildman–Crippen MR) is 73.6 cm³/mol. The zero-order valence-electron chi connectivity index (χ0n) is 12.1. The molecule has 0 bridgehead atoms. The Morgan fingerprint density at radius 3 is 2.32 bits per heavy atom. The van der Waals surface area contributed by atoms with Crippen LogP contribution in [0.15, 0.2) is 0 Å². The fourth-order valence-electron chi connectivity index (χ4n) is 2.18. The summed E-state index contributed by atoms with van der Waals surface area (Å²) in [5.74, 6) is -0.275. The Hall–Kier alpha value is -1.62. The number of aliphatic hydroxyl groups excluding tert-OH is 1. The summed E-state index contributed by atoms with van der Waals surface area (Å²) in [7, 11) is 0. The lowest BCUT2D eigenvalue weighted by atomic mass is 9.95. The third-order valence-electron chi connectivity index (χ3n) is 2.94. The number of Topliss-reactive ketones (excluding diaryl/α,β-unsaturated/α-hetero) is 1. The van der Waals surface area contributed by atoms with Gasteiger partial charge in [0.15, 0.2) is 5.78 Å². The van der Waals surface area contributed by atoms with E-state index in [1.807, 2.05) is 13.8 Å². The zero-order valence-corrected chi connectivity index (χ0v) is 12.1. The number of carbonyl (C=O) groups excluding carboxylic acids is 2. The van der Waals surface area contributed by atoms with Gasteiger partial charge >= 0.3 is 0 Å². The quantitative estimate of drug-likeness (QED) is 0.710. The van der Waals surface area contributed by atoms with Gasteiger partial charge in [-0.3, -0.25) is 9.59 Å². The lowest BCUT2D eigenvalue weighted by molar-refractivity contribution is 0.0918. The summed E-state index contributed by atoms with van der Waals surface area (Å²) in [6.07, 6.45) is -0.602. The standard InChI is InChI=1S/C14H22N2O3/c1-7(2)11-12(10(5)18)9(4)16-13(11)14(19)15-6-8(3)17/h7-8,16-17H,6H2,1-5H3,(H,15,19). The maximum Gasteiger partial charge on any atom is 0.268 e. The average molecular weight is 266 g/mol. The molecular weight excluding hydrogens is 244 g/mol. The second kappa shape index (κ2) is 6.02. The molecule has 0 aliphatic rings. The summed E-state index contributed by atoms with van der Waals surface area (Å²) < 4.78 is 0. The van der Waals surface area contributed by atoms with Gasteiger partial charge in [0.1, 0.15) is 5.69 Å². The molecule has 19 heavy (non-hydrogen) atoms. The largest absolute Gasteiger partial charge is 0.392 e. The number of aryl methyl sites for hydroxylation is 1. The van der Waals surface area contributed by atoms with Gasteiger partial charge in [0.05, 0.1) is 6.10 Å². The fourth-order valence-corrected chi connectivity index (χ4v) is 2.18. The normalized spacial score (nSPS) is 12.6. The van der Waals surface area contributed by atoms with Crippen molar-refractivity contribution in [1.82, 2.24) is 10.3 Å². The molecule has 1 heterocycles. The van der Waals surface area contributed by atoms with Crippen LogP contribution in [-0.2, 0) is 0 Å². The van der Waals surface area contributed by atoms with Crippen LogP contribution in [0.25, 0.3) is 0 Å². The van der Waals surface area contributed by atoms with E-state index in [1.165, 1.54) is 6.92 Å². The lowest BCUT2D eigenvalue weighted by Crippen LogP contribution is -2.31. The molecule has 1 unspecified atom stereocenters. The van der Waals surface area contributed by atoms with E-state index in [1.54, 1.807) is 13.8 Å². The molecule has 0 saturated carbocycles. The van der Waals surface area contributed by atoms with Crippen LogP contribution in [0.5, 0.6) is 0 Å². The van der Waals surface area contributed by atoms with E-state index < -0.39 is 6.10 Å². The Labute approximate surface area is 113 Å². The van der Waals surface area contributed by atoms with Crippen molar-refractivity contribution >= 4 is 11.7 Å². The van der Waals surface area contributed by atoms with Crippen LogP contribution in [-0.4, -0.2) is 34.4 Å². The molecule has 0 saturated heterocycles. The third-order valence-corrected chi connectivity index (χ3v) is 2.94. The van der Waals surface area contributed by atoms with Gasteiger partial charge < -0.3 is 15.4 Å². The number of aliphatic hydroxyl groups is 1. The minimum atomic E-state index is -0.602. The summed E-state index contributed by atoms with van der Waals surface area (Å²) >= 11 is 0. The van der Waals surface area contributed by atoms with Crippen LogP contribution in [0.1, 0.15) is 65.7 Å². The average Bonchev–Trinajstić information content (AvgIpc) is 2.63. The van der Waals surface area contributed by atoms with Crippen molar-refractivity contribution in [3.05, 3.63) is 22.5 Å². The van der Waals surface area contributed by atoms with Crippen molar-refractivity contribution in [3.63, 3.8) is 0 Å². The highest BCUT2D eigenvalue weighted by atomic mass is 16.3. The number of nitrogens with one attached hydrogen (secondary N) is 2. The van der Waals surface area contributed by atoms with Crippen LogP contribution in [0.4, 0.5) is 0 Å². The summed E-state index contributed by atoms with van der Waals surface area (Å²) in [4.78, 5) is 26.8. The highest BCUT2D eigenvalue weighted by Crippen LogP contribution is 2.27. The number of aromatic amines is 1. The number of amides is 1. The van der Waals surface area contributed by atoms with Gasteiger partial charge in [-0.25, -0.2) is 0 Å². The smallest absolute Gasteiger partial charge is 0.268 e. The van der Waals surface area contributed by atoms with E-state index in [4.69, 9.17) is 0 Å². The van der Waals surface area contributed by atoms with Gasteiger partial charge in [0.25, 0.3) is 5.91 Å². The molecule has 1 aromatic rings. The molecule has 106 valence electrons. The van der Waals surface area contributed by atoms with Gasteiger partial charge in [-0.2, -0.15) is 0 Å². The lowest BCUT2D eigenvalue weighted by Gasteiger charge is -2.11. The molecule has 5 nitrogen and oxygen atoms in total. The number of ketones is 1. The van der Waals surface area contributed by atoms with Crippen LogP contribution in [0.2, 0.25) is 0 Å². The van der Waals surface area contributed by atoms with Crippen LogP contribution >= 0.6 is 0 Å². The highest BCUT2D eigenvalue weighted by Gasteiger charge is 2.24. The first kappa shape index (κ1) is 15.4. The zero-order chi connectivity index (χ0) is 14.7. The summed E-state index contributed by atoms with van der Waals surface area (Å²) in [6.45, 7) is 8.96. The molecule has 5 heteroatoms. The Balaban J connectivity index is 3.17. The van der Waals surface area contributed by atoms with Crippen LogP contribution < -0.4 is 5.32 Å². The Bertz CT molecular complexity index is 487. The molecule has 0 aromatic carbocycles. The molecule has 0 fully saturated rings. The molecule has 0 aliphatic carbocycles. The van der Waals surface area contributed by atoms with Crippen molar-refractivity contribution in [3.8, 4) is 0 Å². The topological polar surface area (TPSA) is 82.2 Å². The number of carbonyl (C=O) groups is 2. The van der Waals surface area contributed by atoms with E-state index >= 15 is 0 Å². The molecule has 1 atom stereocenters. The van der Waals surface area contributed by atoms with Crippen molar-refractivity contribution in [2.75, 3.05) is 6.54 Å². The number of hydrogen-bond acceptors (Lipinski definition) is 3. The van der Waals surface area contributed by atoms with Crippen molar-refractivity contribution in [2.24, 2.45) is 0 Å². The first-order chi connectivity index (χ1) is 8.75. The van der Waals surface area contributed by atoms with Gasteiger partial charge in [0, 0.05) is 17.8 Å². The van der Waals surface area contributed by atoms with E-state index in [0.717, 1.165) is 5.56 Å². The molecular formula is C14H22N2O3. The van der Waals surface area contributed by atoms with Crippen molar-refractivity contribution in [1.29, 1.82) is 0 Å². The molecule has 1 aromatic heterocycles. The van der Waals surface area contributed by atoms with E-state index in [2.05, 4.69) is 10.3 Å². The fraction of sp³-hybridized carbons (Fsp3) is 0.571. The molecule has 1 rings (SSSR count). The summed E-state index contributed by atoms with van der Waals surface area (Å²) in [5, 5.41) is 11.8. The molecule has 3 N–H and O–H groups in total. The van der Waals surface area contributed by atoms with Gasteiger partial charge in [-0.05, 0) is 32.3 Å². The minimum absolute atomic E-state index is 0.0490. The maximum atomic E-state index is 12.1. The minimum Gasteiger partial charge on any atom is -0.392 e. The van der Waals surface area contributed by atoms with E-state index in [-0.39, 0.29) is 24.2 Å². The maximum absolute atomic E-state index is 12.1. The molecule has 0 spiro atoms. The third kappa shape index (κ3) is 3.44. The van der Waals surface area contributed by atoms with E-state index in [9.17, 15) is 14.7 Å². The molecule has 1 amide bonds. The summed E-state index contributed by atoms with van der Waals surface area (Å²) in [5.41, 5.74) is 2.46. The molecule has 0 radical (unpaired) electrons.